The number of rotatable bonds is 5. The summed E-state index contributed by atoms with van der Waals surface area (Å²) >= 11 is 0. The molecule has 0 aliphatic rings. The number of anilines is 1. The summed E-state index contributed by atoms with van der Waals surface area (Å²) in [6.45, 7) is 0.724. The Morgan fingerprint density at radius 1 is 1.22 bits per heavy atom. The Labute approximate surface area is 155 Å². The summed E-state index contributed by atoms with van der Waals surface area (Å²) in [7, 11) is 0. The van der Waals surface area contributed by atoms with Gasteiger partial charge in [-0.25, -0.2) is 9.78 Å². The summed E-state index contributed by atoms with van der Waals surface area (Å²) in [5, 5.41) is 28.7. The van der Waals surface area contributed by atoms with Crippen LogP contribution in [-0.4, -0.2) is 39.0 Å². The van der Waals surface area contributed by atoms with E-state index < -0.39 is 0 Å². The summed E-state index contributed by atoms with van der Waals surface area (Å²) in [5.74, 6) is 0.314. The van der Waals surface area contributed by atoms with Gasteiger partial charge in [-0.1, -0.05) is 12.1 Å². The first-order valence-corrected chi connectivity index (χ1v) is 8.11. The fourth-order valence-corrected chi connectivity index (χ4v) is 2.38. The number of pyridine rings is 1. The largest absolute Gasteiger partial charge is 0.493 e. The SMILES string of the molecule is N#Cc1ccc(-c2cnn(-c3ccc(NC(=O)NCCN)cn3)c2O)cc1. The highest BCUT2D eigenvalue weighted by Gasteiger charge is 2.14. The second-order valence-corrected chi connectivity index (χ2v) is 5.56. The van der Waals surface area contributed by atoms with E-state index in [1.807, 2.05) is 6.07 Å². The molecule has 0 saturated carbocycles. The van der Waals surface area contributed by atoms with Crippen molar-refractivity contribution >= 4 is 11.7 Å². The van der Waals surface area contributed by atoms with Crippen LogP contribution in [0.2, 0.25) is 0 Å². The van der Waals surface area contributed by atoms with Crippen molar-refractivity contribution in [3.63, 3.8) is 0 Å². The van der Waals surface area contributed by atoms with Gasteiger partial charge in [0.05, 0.1) is 35.3 Å². The molecule has 0 saturated heterocycles. The first kappa shape index (κ1) is 17.9. The van der Waals surface area contributed by atoms with E-state index in [2.05, 4.69) is 20.7 Å². The number of nitrogens with zero attached hydrogens (tertiary/aromatic N) is 4. The van der Waals surface area contributed by atoms with Gasteiger partial charge in [0.25, 0.3) is 0 Å². The van der Waals surface area contributed by atoms with E-state index in [4.69, 9.17) is 11.0 Å². The maximum absolute atomic E-state index is 11.6. The number of carbonyl (C=O) groups excluding carboxylic acids is 1. The number of nitriles is 1. The summed E-state index contributed by atoms with van der Waals surface area (Å²) in [4.78, 5) is 15.8. The molecule has 0 bridgehead atoms. The van der Waals surface area contributed by atoms with E-state index >= 15 is 0 Å². The molecule has 5 N–H and O–H groups in total. The smallest absolute Gasteiger partial charge is 0.319 e. The fourth-order valence-electron chi connectivity index (χ4n) is 2.38. The van der Waals surface area contributed by atoms with Gasteiger partial charge in [-0.15, -0.1) is 0 Å². The van der Waals surface area contributed by atoms with Crippen LogP contribution in [0.1, 0.15) is 5.56 Å². The molecule has 2 heterocycles. The highest BCUT2D eigenvalue weighted by Crippen LogP contribution is 2.30. The van der Waals surface area contributed by atoms with E-state index in [1.165, 1.54) is 17.1 Å². The zero-order valence-corrected chi connectivity index (χ0v) is 14.3. The molecule has 0 radical (unpaired) electrons. The fraction of sp³-hybridized carbons (Fsp3) is 0.111. The third-order valence-corrected chi connectivity index (χ3v) is 3.72. The monoisotopic (exact) mass is 363 g/mol. The molecule has 0 spiro atoms. The first-order chi connectivity index (χ1) is 13.1. The van der Waals surface area contributed by atoms with Gasteiger partial charge in [-0.2, -0.15) is 15.0 Å². The molecule has 3 aromatic rings. The number of urea groups is 1. The summed E-state index contributed by atoms with van der Waals surface area (Å²) in [6.07, 6.45) is 2.98. The lowest BCUT2D eigenvalue weighted by atomic mass is 10.1. The molecule has 1 aromatic carbocycles. The standard InChI is InChI=1S/C18H17N7O2/c19-7-8-21-18(27)24-14-5-6-16(22-10-14)25-17(26)15(11-23-25)13-3-1-12(9-20)2-4-13/h1-6,10-11,26H,7-8,19H2,(H2,21,24,27). The topological polar surface area (TPSA) is 142 Å². The Morgan fingerprint density at radius 2 is 2.00 bits per heavy atom. The van der Waals surface area contributed by atoms with E-state index in [1.54, 1.807) is 36.4 Å². The molecule has 2 aromatic heterocycles. The molecular formula is C18H17N7O2. The van der Waals surface area contributed by atoms with Crippen molar-refractivity contribution < 1.29 is 9.90 Å². The second kappa shape index (κ2) is 7.99. The van der Waals surface area contributed by atoms with Crippen molar-refractivity contribution in [2.45, 2.75) is 0 Å². The van der Waals surface area contributed by atoms with Crippen LogP contribution in [0.3, 0.4) is 0 Å². The molecule has 0 atom stereocenters. The summed E-state index contributed by atoms with van der Waals surface area (Å²) in [5.41, 5.74) is 7.60. The van der Waals surface area contributed by atoms with Gasteiger partial charge in [0.1, 0.15) is 0 Å². The van der Waals surface area contributed by atoms with Crippen LogP contribution >= 0.6 is 0 Å². The maximum Gasteiger partial charge on any atom is 0.319 e. The predicted octanol–water partition coefficient (Wildman–Crippen LogP) is 1.59. The Balaban J connectivity index is 1.78. The van der Waals surface area contributed by atoms with Crippen molar-refractivity contribution in [1.82, 2.24) is 20.1 Å². The lowest BCUT2D eigenvalue weighted by Crippen LogP contribution is -2.32. The Hall–Kier alpha value is -3.90. The molecule has 2 amide bonds. The third kappa shape index (κ3) is 4.02. The van der Waals surface area contributed by atoms with E-state index in [0.29, 0.717) is 35.7 Å². The Bertz CT molecular complexity index is 972. The Morgan fingerprint density at radius 3 is 2.63 bits per heavy atom. The zero-order chi connectivity index (χ0) is 19.2. The number of amides is 2. The van der Waals surface area contributed by atoms with Gasteiger partial charge >= 0.3 is 6.03 Å². The minimum atomic E-state index is -0.375. The maximum atomic E-state index is 11.6. The van der Waals surface area contributed by atoms with E-state index in [-0.39, 0.29) is 11.9 Å². The molecular weight excluding hydrogens is 346 g/mol. The summed E-state index contributed by atoms with van der Waals surface area (Å²) in [6, 6.07) is 11.7. The van der Waals surface area contributed by atoms with Gasteiger partial charge < -0.3 is 21.5 Å². The second-order valence-electron chi connectivity index (χ2n) is 5.56. The van der Waals surface area contributed by atoms with Gasteiger partial charge in [-0.3, -0.25) is 0 Å². The molecule has 3 rings (SSSR count). The van der Waals surface area contributed by atoms with Crippen LogP contribution in [0.4, 0.5) is 10.5 Å². The van der Waals surface area contributed by atoms with Crippen LogP contribution in [0.15, 0.2) is 48.8 Å². The average molecular weight is 363 g/mol. The van der Waals surface area contributed by atoms with Gasteiger partial charge in [0.15, 0.2) is 5.82 Å². The lowest BCUT2D eigenvalue weighted by Gasteiger charge is -2.07. The van der Waals surface area contributed by atoms with Gasteiger partial charge in [0, 0.05) is 13.1 Å². The highest BCUT2D eigenvalue weighted by atomic mass is 16.3. The molecule has 0 aliphatic carbocycles. The molecule has 0 aliphatic heterocycles. The molecule has 0 fully saturated rings. The first-order valence-electron chi connectivity index (χ1n) is 8.11. The number of nitrogens with two attached hydrogens (primary N) is 1. The van der Waals surface area contributed by atoms with Crippen LogP contribution in [-0.2, 0) is 0 Å². The molecule has 27 heavy (non-hydrogen) atoms. The molecule has 9 nitrogen and oxygen atoms in total. The quantitative estimate of drug-likeness (QED) is 0.542. The molecule has 136 valence electrons. The van der Waals surface area contributed by atoms with Crippen LogP contribution in [0.5, 0.6) is 5.88 Å². The Kier molecular flexibility index (Phi) is 5.30. The van der Waals surface area contributed by atoms with Gasteiger partial charge in [0.2, 0.25) is 5.88 Å². The number of hydrogen-bond donors (Lipinski definition) is 4. The molecule has 0 unspecified atom stereocenters. The third-order valence-electron chi connectivity index (χ3n) is 3.72. The number of aromatic hydroxyl groups is 1. The average Bonchev–Trinajstić information content (AvgIpc) is 3.08. The highest BCUT2D eigenvalue weighted by molar-refractivity contribution is 5.89. The lowest BCUT2D eigenvalue weighted by molar-refractivity contribution is 0.252. The summed E-state index contributed by atoms with van der Waals surface area (Å²) < 4.78 is 1.28. The zero-order valence-electron chi connectivity index (χ0n) is 14.3. The van der Waals surface area contributed by atoms with E-state index in [9.17, 15) is 9.90 Å². The number of hydrogen-bond acceptors (Lipinski definition) is 6. The van der Waals surface area contributed by atoms with Crippen molar-refractivity contribution in [1.29, 1.82) is 5.26 Å². The number of benzene rings is 1. The van der Waals surface area contributed by atoms with Crippen molar-refractivity contribution in [3.05, 3.63) is 54.4 Å². The van der Waals surface area contributed by atoms with Crippen LogP contribution in [0, 0.1) is 11.3 Å². The number of carbonyl (C=O) groups is 1. The van der Waals surface area contributed by atoms with Gasteiger partial charge in [-0.05, 0) is 29.8 Å². The number of nitrogens with one attached hydrogen (secondary N) is 2. The normalized spacial score (nSPS) is 10.2. The minimum absolute atomic E-state index is 0.0754. The van der Waals surface area contributed by atoms with Crippen molar-refractivity contribution in [2.24, 2.45) is 5.73 Å². The van der Waals surface area contributed by atoms with E-state index in [0.717, 1.165) is 5.56 Å². The number of aromatic nitrogens is 3. The van der Waals surface area contributed by atoms with Crippen LogP contribution < -0.4 is 16.4 Å². The van der Waals surface area contributed by atoms with Crippen molar-refractivity contribution in [2.75, 3.05) is 18.4 Å². The predicted molar refractivity (Wildman–Crippen MR) is 99.3 cm³/mol. The van der Waals surface area contributed by atoms with Crippen molar-refractivity contribution in [3.8, 4) is 28.9 Å². The minimum Gasteiger partial charge on any atom is -0.493 e. The van der Waals surface area contributed by atoms with Crippen LogP contribution in [0.25, 0.3) is 16.9 Å². The molecule has 9 heteroatoms.